The van der Waals surface area contributed by atoms with Crippen molar-refractivity contribution < 1.29 is 9.53 Å². The van der Waals surface area contributed by atoms with Gasteiger partial charge in [0.2, 0.25) is 5.91 Å². The number of nitrogens with zero attached hydrogens (tertiary/aromatic N) is 3. The number of guanidine groups is 1. The van der Waals surface area contributed by atoms with Crippen LogP contribution in [0.2, 0.25) is 0 Å². The van der Waals surface area contributed by atoms with Gasteiger partial charge in [0.1, 0.15) is 5.75 Å². The summed E-state index contributed by atoms with van der Waals surface area (Å²) in [7, 11) is 5.73. The lowest BCUT2D eigenvalue weighted by Gasteiger charge is -2.40. The molecule has 0 aliphatic carbocycles. The standard InChI is InChI=1S/C23H37N5O2.HI/c1-5-21(29)28-14-12-19(16-28)26-23(24-2)25-15-18-7-6-13-27(3)22(18)17-8-10-20(30-4)11-9-17;/h8-11,18-19,22H,5-7,12-16H2,1-4H3,(H2,24,25,26);1H. The Balaban J connectivity index is 0.00000341. The second kappa shape index (κ2) is 12.5. The normalized spacial score (nSPS) is 24.5. The molecule has 0 spiro atoms. The van der Waals surface area contributed by atoms with E-state index in [0.29, 0.717) is 18.4 Å². The third-order valence-corrected chi connectivity index (χ3v) is 6.40. The van der Waals surface area contributed by atoms with Crippen LogP contribution in [0.1, 0.15) is 44.2 Å². The maximum absolute atomic E-state index is 11.9. The number of amides is 1. The smallest absolute Gasteiger partial charge is 0.222 e. The number of aliphatic imine (C=N–C) groups is 1. The number of likely N-dealkylation sites (tertiary alicyclic amines) is 2. The highest BCUT2D eigenvalue weighted by molar-refractivity contribution is 14.0. The van der Waals surface area contributed by atoms with Crippen LogP contribution in [-0.2, 0) is 4.79 Å². The minimum atomic E-state index is 0. The topological polar surface area (TPSA) is 69.2 Å². The van der Waals surface area contributed by atoms with Crippen LogP contribution in [0.4, 0.5) is 0 Å². The average Bonchev–Trinajstić information content (AvgIpc) is 3.24. The molecule has 3 unspecified atom stereocenters. The van der Waals surface area contributed by atoms with Gasteiger partial charge in [0.25, 0.3) is 0 Å². The predicted molar refractivity (Wildman–Crippen MR) is 136 cm³/mol. The van der Waals surface area contributed by atoms with Crippen molar-refractivity contribution in [2.45, 2.75) is 44.7 Å². The van der Waals surface area contributed by atoms with Crippen LogP contribution >= 0.6 is 24.0 Å². The Hall–Kier alpha value is -1.55. The molecular weight excluding hydrogens is 505 g/mol. The van der Waals surface area contributed by atoms with Crippen LogP contribution < -0.4 is 15.4 Å². The number of piperidine rings is 1. The lowest BCUT2D eigenvalue weighted by Crippen LogP contribution is -2.48. The summed E-state index contributed by atoms with van der Waals surface area (Å²) in [6, 6.07) is 9.10. The number of hydrogen-bond acceptors (Lipinski definition) is 4. The van der Waals surface area contributed by atoms with E-state index in [2.05, 4.69) is 39.7 Å². The summed E-state index contributed by atoms with van der Waals surface area (Å²) >= 11 is 0. The number of methoxy groups -OCH3 is 1. The highest BCUT2D eigenvalue weighted by Gasteiger charge is 2.31. The number of hydrogen-bond donors (Lipinski definition) is 2. The van der Waals surface area contributed by atoms with E-state index >= 15 is 0 Å². The van der Waals surface area contributed by atoms with Gasteiger partial charge in [0, 0.05) is 45.2 Å². The fourth-order valence-electron chi connectivity index (χ4n) is 4.75. The minimum Gasteiger partial charge on any atom is -0.497 e. The van der Waals surface area contributed by atoms with Crippen molar-refractivity contribution >= 4 is 35.8 Å². The second-order valence-electron chi connectivity index (χ2n) is 8.38. The summed E-state index contributed by atoms with van der Waals surface area (Å²) in [5, 5.41) is 7.06. The van der Waals surface area contributed by atoms with Gasteiger partial charge in [-0.2, -0.15) is 0 Å². The largest absolute Gasteiger partial charge is 0.497 e. The third-order valence-electron chi connectivity index (χ3n) is 6.40. The van der Waals surface area contributed by atoms with Crippen LogP contribution in [0.25, 0.3) is 0 Å². The quantitative estimate of drug-likeness (QED) is 0.328. The molecule has 31 heavy (non-hydrogen) atoms. The van der Waals surface area contributed by atoms with Crippen molar-refractivity contribution in [3.63, 3.8) is 0 Å². The van der Waals surface area contributed by atoms with E-state index < -0.39 is 0 Å². The first kappa shape index (κ1) is 25.7. The molecule has 2 aliphatic heterocycles. The molecule has 1 amide bonds. The Morgan fingerprint density at radius 1 is 1.23 bits per heavy atom. The summed E-state index contributed by atoms with van der Waals surface area (Å²) in [5.74, 6) is 2.45. The molecule has 2 saturated heterocycles. The van der Waals surface area contributed by atoms with Gasteiger partial charge in [0.15, 0.2) is 5.96 Å². The van der Waals surface area contributed by atoms with Crippen LogP contribution in [0, 0.1) is 5.92 Å². The molecule has 0 aromatic heterocycles. The molecule has 2 heterocycles. The van der Waals surface area contributed by atoms with E-state index in [4.69, 9.17) is 4.74 Å². The Morgan fingerprint density at radius 3 is 2.61 bits per heavy atom. The molecular formula is C23H38IN5O2. The fraction of sp³-hybridized carbons (Fsp3) is 0.652. The maximum atomic E-state index is 11.9. The summed E-state index contributed by atoms with van der Waals surface area (Å²) in [5.41, 5.74) is 1.33. The molecule has 3 atom stereocenters. The molecule has 0 bridgehead atoms. The molecule has 1 aromatic carbocycles. The van der Waals surface area contributed by atoms with E-state index in [0.717, 1.165) is 44.3 Å². The number of carbonyl (C=O) groups excluding carboxylic acids is 1. The number of carbonyl (C=O) groups is 1. The summed E-state index contributed by atoms with van der Waals surface area (Å²) < 4.78 is 5.32. The molecule has 174 valence electrons. The van der Waals surface area contributed by atoms with Gasteiger partial charge in [-0.15, -0.1) is 24.0 Å². The zero-order valence-electron chi connectivity index (χ0n) is 19.3. The monoisotopic (exact) mass is 543 g/mol. The number of nitrogens with one attached hydrogen (secondary N) is 2. The highest BCUT2D eigenvalue weighted by Crippen LogP contribution is 2.35. The number of rotatable bonds is 6. The van der Waals surface area contributed by atoms with Crippen LogP contribution in [-0.4, -0.2) is 75.1 Å². The molecule has 2 aliphatic rings. The van der Waals surface area contributed by atoms with Crippen LogP contribution in [0.15, 0.2) is 29.3 Å². The first-order chi connectivity index (χ1) is 14.5. The molecule has 2 fully saturated rings. The first-order valence-electron chi connectivity index (χ1n) is 11.1. The van der Waals surface area contributed by atoms with Crippen LogP contribution in [0.3, 0.4) is 0 Å². The number of halogens is 1. The van der Waals surface area contributed by atoms with Crippen LogP contribution in [0.5, 0.6) is 5.75 Å². The lowest BCUT2D eigenvalue weighted by atomic mass is 9.85. The zero-order chi connectivity index (χ0) is 21.5. The SMILES string of the molecule is CCC(=O)N1CCC(NC(=NC)NCC2CCCN(C)C2c2ccc(OC)cc2)C1.I. The molecule has 0 radical (unpaired) electrons. The molecule has 2 N–H and O–H groups in total. The van der Waals surface area contributed by atoms with Gasteiger partial charge >= 0.3 is 0 Å². The fourth-order valence-corrected chi connectivity index (χ4v) is 4.75. The lowest BCUT2D eigenvalue weighted by molar-refractivity contribution is -0.129. The first-order valence-corrected chi connectivity index (χ1v) is 11.1. The molecule has 0 saturated carbocycles. The van der Waals surface area contributed by atoms with E-state index in [9.17, 15) is 4.79 Å². The Bertz CT molecular complexity index is 727. The van der Waals surface area contributed by atoms with Crippen molar-refractivity contribution in [2.75, 3.05) is 47.4 Å². The molecule has 1 aromatic rings. The van der Waals surface area contributed by atoms with E-state index in [1.165, 1.54) is 18.4 Å². The Kier molecular flexibility index (Phi) is 10.3. The summed E-state index contributed by atoms with van der Waals surface area (Å²) in [6.45, 7) is 5.49. The van der Waals surface area contributed by atoms with E-state index in [1.807, 2.05) is 31.0 Å². The predicted octanol–water partition coefficient (Wildman–Crippen LogP) is 2.87. The van der Waals surface area contributed by atoms with Gasteiger partial charge < -0.3 is 20.3 Å². The van der Waals surface area contributed by atoms with Gasteiger partial charge in [-0.05, 0) is 56.5 Å². The van der Waals surface area contributed by atoms with Gasteiger partial charge in [-0.3, -0.25) is 14.7 Å². The summed E-state index contributed by atoms with van der Waals surface area (Å²) in [6.07, 6.45) is 3.93. The second-order valence-corrected chi connectivity index (χ2v) is 8.38. The third kappa shape index (κ3) is 6.71. The van der Waals surface area contributed by atoms with Gasteiger partial charge in [-0.25, -0.2) is 0 Å². The molecule has 8 heteroatoms. The minimum absolute atomic E-state index is 0. The van der Waals surface area contributed by atoms with Crippen molar-refractivity contribution in [1.82, 2.24) is 20.4 Å². The maximum Gasteiger partial charge on any atom is 0.222 e. The summed E-state index contributed by atoms with van der Waals surface area (Å²) in [4.78, 5) is 20.8. The van der Waals surface area contributed by atoms with Crippen molar-refractivity contribution in [2.24, 2.45) is 10.9 Å². The number of ether oxygens (including phenoxy) is 1. The van der Waals surface area contributed by atoms with E-state index in [-0.39, 0.29) is 35.9 Å². The van der Waals surface area contributed by atoms with Crippen molar-refractivity contribution in [3.8, 4) is 5.75 Å². The van der Waals surface area contributed by atoms with Crippen molar-refractivity contribution in [3.05, 3.63) is 29.8 Å². The Labute approximate surface area is 204 Å². The van der Waals surface area contributed by atoms with Gasteiger partial charge in [0.05, 0.1) is 7.11 Å². The molecule has 7 nitrogen and oxygen atoms in total. The van der Waals surface area contributed by atoms with Crippen molar-refractivity contribution in [1.29, 1.82) is 0 Å². The number of benzene rings is 1. The highest BCUT2D eigenvalue weighted by atomic mass is 127. The van der Waals surface area contributed by atoms with E-state index in [1.54, 1.807) is 7.11 Å². The average molecular weight is 543 g/mol. The Morgan fingerprint density at radius 2 is 1.97 bits per heavy atom. The zero-order valence-corrected chi connectivity index (χ0v) is 21.6. The molecule has 3 rings (SSSR count). The van der Waals surface area contributed by atoms with Gasteiger partial charge in [-0.1, -0.05) is 19.1 Å².